The Morgan fingerprint density at radius 3 is 3.05 bits per heavy atom. The van der Waals surface area contributed by atoms with Gasteiger partial charge in [0.2, 0.25) is 5.91 Å². The summed E-state index contributed by atoms with van der Waals surface area (Å²) in [7, 11) is 0. The summed E-state index contributed by atoms with van der Waals surface area (Å²) in [6, 6.07) is 7.27. The Morgan fingerprint density at radius 1 is 1.57 bits per heavy atom. The first-order chi connectivity index (χ1) is 9.65. The quantitative estimate of drug-likeness (QED) is 0.871. The largest absolute Gasteiger partial charge is 0.489 e. The lowest BCUT2D eigenvalue weighted by molar-refractivity contribution is -0.125. The van der Waals surface area contributed by atoms with Gasteiger partial charge >= 0.3 is 0 Å². The number of benzene rings is 1. The number of ether oxygens (including phenoxy) is 1. The normalized spacial score (nSPS) is 19.2. The molecule has 0 aliphatic carbocycles. The lowest BCUT2D eigenvalue weighted by atomic mass is 9.99. The highest BCUT2D eigenvalue weighted by atomic mass is 35.5. The van der Waals surface area contributed by atoms with E-state index in [1.54, 1.807) is 12.1 Å². The molecule has 1 heterocycles. The van der Waals surface area contributed by atoms with E-state index in [1.807, 2.05) is 19.1 Å². The van der Waals surface area contributed by atoms with Crippen LogP contribution in [0.1, 0.15) is 19.8 Å². The van der Waals surface area contributed by atoms with Crippen molar-refractivity contribution < 1.29 is 9.53 Å². The molecule has 6 heteroatoms. The SMILES string of the molecule is CC(CNC(=O)C1CCCNC1)Oc1cccc(Cl)c1.Cl. The third-order valence-corrected chi connectivity index (χ3v) is 3.60. The molecule has 1 aromatic carbocycles. The van der Waals surface area contributed by atoms with E-state index in [-0.39, 0.29) is 30.3 Å². The van der Waals surface area contributed by atoms with E-state index in [0.717, 1.165) is 31.7 Å². The van der Waals surface area contributed by atoms with Crippen LogP contribution in [0, 0.1) is 5.92 Å². The maximum atomic E-state index is 12.0. The van der Waals surface area contributed by atoms with Crippen molar-refractivity contribution >= 4 is 29.9 Å². The lowest BCUT2D eigenvalue weighted by Crippen LogP contribution is -2.43. The molecule has 1 aliphatic heterocycles. The molecule has 1 amide bonds. The van der Waals surface area contributed by atoms with Gasteiger partial charge in [0, 0.05) is 11.6 Å². The van der Waals surface area contributed by atoms with Crippen LogP contribution in [-0.2, 0) is 4.79 Å². The molecular formula is C15H22Cl2N2O2. The van der Waals surface area contributed by atoms with Crippen molar-refractivity contribution in [2.45, 2.75) is 25.9 Å². The number of hydrogen-bond donors (Lipinski definition) is 2. The molecule has 1 aliphatic rings. The maximum Gasteiger partial charge on any atom is 0.224 e. The summed E-state index contributed by atoms with van der Waals surface area (Å²) in [5, 5.41) is 6.84. The van der Waals surface area contributed by atoms with E-state index >= 15 is 0 Å². The number of nitrogens with one attached hydrogen (secondary N) is 2. The Morgan fingerprint density at radius 2 is 2.38 bits per heavy atom. The van der Waals surface area contributed by atoms with E-state index in [0.29, 0.717) is 11.6 Å². The second-order valence-corrected chi connectivity index (χ2v) is 5.61. The molecule has 2 rings (SSSR count). The van der Waals surface area contributed by atoms with Crippen molar-refractivity contribution in [3.63, 3.8) is 0 Å². The van der Waals surface area contributed by atoms with E-state index < -0.39 is 0 Å². The van der Waals surface area contributed by atoms with Crippen molar-refractivity contribution in [3.05, 3.63) is 29.3 Å². The number of carbonyl (C=O) groups is 1. The van der Waals surface area contributed by atoms with Crippen molar-refractivity contribution in [2.24, 2.45) is 5.92 Å². The fraction of sp³-hybridized carbons (Fsp3) is 0.533. The Bertz CT molecular complexity index is 451. The second kappa shape index (κ2) is 9.13. The number of piperidine rings is 1. The minimum atomic E-state index is -0.0889. The van der Waals surface area contributed by atoms with Gasteiger partial charge in [-0.1, -0.05) is 17.7 Å². The number of rotatable bonds is 5. The molecular weight excluding hydrogens is 311 g/mol. The smallest absolute Gasteiger partial charge is 0.224 e. The van der Waals surface area contributed by atoms with Crippen LogP contribution in [0.3, 0.4) is 0 Å². The molecule has 1 saturated heterocycles. The first-order valence-electron chi connectivity index (χ1n) is 7.06. The van der Waals surface area contributed by atoms with Gasteiger partial charge in [-0.05, 0) is 44.5 Å². The summed E-state index contributed by atoms with van der Waals surface area (Å²) in [5.41, 5.74) is 0. The molecule has 1 aromatic rings. The molecule has 21 heavy (non-hydrogen) atoms. The first-order valence-corrected chi connectivity index (χ1v) is 7.43. The zero-order valence-corrected chi connectivity index (χ0v) is 13.7. The van der Waals surface area contributed by atoms with Crippen LogP contribution < -0.4 is 15.4 Å². The summed E-state index contributed by atoms with van der Waals surface area (Å²) in [5.74, 6) is 0.916. The van der Waals surface area contributed by atoms with Crippen molar-refractivity contribution in [1.29, 1.82) is 0 Å². The third-order valence-electron chi connectivity index (χ3n) is 3.36. The summed E-state index contributed by atoms with van der Waals surface area (Å²) >= 11 is 5.90. The van der Waals surface area contributed by atoms with Crippen LogP contribution in [0.25, 0.3) is 0 Å². The Balaban J connectivity index is 0.00000220. The predicted molar refractivity (Wildman–Crippen MR) is 87.4 cm³/mol. The van der Waals surface area contributed by atoms with Gasteiger partial charge < -0.3 is 15.4 Å². The highest BCUT2D eigenvalue weighted by Crippen LogP contribution is 2.18. The topological polar surface area (TPSA) is 50.4 Å². The fourth-order valence-electron chi connectivity index (χ4n) is 2.28. The number of hydrogen-bond acceptors (Lipinski definition) is 3. The van der Waals surface area contributed by atoms with Gasteiger partial charge in [-0.15, -0.1) is 12.4 Å². The summed E-state index contributed by atoms with van der Waals surface area (Å²) in [4.78, 5) is 12.0. The zero-order valence-electron chi connectivity index (χ0n) is 12.1. The summed E-state index contributed by atoms with van der Waals surface area (Å²) < 4.78 is 5.72. The predicted octanol–water partition coefficient (Wildman–Crippen LogP) is 2.64. The van der Waals surface area contributed by atoms with Gasteiger partial charge in [-0.2, -0.15) is 0 Å². The van der Waals surface area contributed by atoms with Gasteiger partial charge in [0.1, 0.15) is 11.9 Å². The Kier molecular flexibility index (Phi) is 7.86. The molecule has 2 atom stereocenters. The van der Waals surface area contributed by atoms with Crippen LogP contribution >= 0.6 is 24.0 Å². The fourth-order valence-corrected chi connectivity index (χ4v) is 2.46. The summed E-state index contributed by atoms with van der Waals surface area (Å²) in [6.07, 6.45) is 1.93. The molecule has 0 radical (unpaired) electrons. The average Bonchev–Trinajstić information content (AvgIpc) is 2.46. The van der Waals surface area contributed by atoms with Gasteiger partial charge in [-0.25, -0.2) is 0 Å². The number of amides is 1. The van der Waals surface area contributed by atoms with Gasteiger partial charge in [0.25, 0.3) is 0 Å². The Labute approximate surface area is 137 Å². The zero-order chi connectivity index (χ0) is 14.4. The van der Waals surface area contributed by atoms with Crippen LogP contribution in [0.2, 0.25) is 5.02 Å². The Hall–Kier alpha value is -0.970. The number of carbonyl (C=O) groups excluding carboxylic acids is 1. The van der Waals surface area contributed by atoms with Crippen LogP contribution in [0.15, 0.2) is 24.3 Å². The molecule has 0 spiro atoms. The highest BCUT2D eigenvalue weighted by molar-refractivity contribution is 6.30. The molecule has 0 bridgehead atoms. The molecule has 2 unspecified atom stereocenters. The van der Waals surface area contributed by atoms with Gasteiger partial charge in [0.15, 0.2) is 0 Å². The third kappa shape index (κ3) is 6.12. The van der Waals surface area contributed by atoms with Gasteiger partial charge in [0.05, 0.1) is 12.5 Å². The van der Waals surface area contributed by atoms with E-state index in [1.165, 1.54) is 0 Å². The maximum absolute atomic E-state index is 12.0. The second-order valence-electron chi connectivity index (χ2n) is 5.17. The highest BCUT2D eigenvalue weighted by Gasteiger charge is 2.21. The van der Waals surface area contributed by atoms with E-state index in [2.05, 4.69) is 10.6 Å². The molecule has 118 valence electrons. The summed E-state index contributed by atoms with van der Waals surface area (Å²) in [6.45, 7) is 4.22. The molecule has 4 nitrogen and oxygen atoms in total. The van der Waals surface area contributed by atoms with Crippen LogP contribution in [0.4, 0.5) is 0 Å². The minimum Gasteiger partial charge on any atom is -0.489 e. The van der Waals surface area contributed by atoms with Crippen molar-refractivity contribution in [1.82, 2.24) is 10.6 Å². The van der Waals surface area contributed by atoms with Crippen molar-refractivity contribution in [2.75, 3.05) is 19.6 Å². The molecule has 1 fully saturated rings. The van der Waals surface area contributed by atoms with Gasteiger partial charge in [-0.3, -0.25) is 4.79 Å². The van der Waals surface area contributed by atoms with E-state index in [4.69, 9.17) is 16.3 Å². The van der Waals surface area contributed by atoms with Crippen LogP contribution in [-0.4, -0.2) is 31.6 Å². The van der Waals surface area contributed by atoms with Crippen LogP contribution in [0.5, 0.6) is 5.75 Å². The lowest BCUT2D eigenvalue weighted by Gasteiger charge is -2.23. The minimum absolute atomic E-state index is 0. The first kappa shape index (κ1) is 18.1. The standard InChI is InChI=1S/C15H21ClN2O2.ClH/c1-11(20-14-6-2-5-13(16)8-14)9-18-15(19)12-4-3-7-17-10-12;/h2,5-6,8,11-12,17H,3-4,7,9-10H2,1H3,(H,18,19);1H. The molecule has 0 saturated carbocycles. The average molecular weight is 333 g/mol. The van der Waals surface area contributed by atoms with E-state index in [9.17, 15) is 4.79 Å². The monoisotopic (exact) mass is 332 g/mol. The van der Waals surface area contributed by atoms with Crippen molar-refractivity contribution in [3.8, 4) is 5.75 Å². The number of halogens is 2. The molecule has 0 aromatic heterocycles. The molecule has 2 N–H and O–H groups in total.